The van der Waals surface area contributed by atoms with Crippen molar-refractivity contribution in [1.29, 1.82) is 0 Å². The van der Waals surface area contributed by atoms with Crippen LogP contribution in [0.15, 0.2) is 0 Å². The standard InChI is InChI=1S/C7H12O4S/c1-3(8)7(2)4(9)5(12)11-6(7)10/h3-5,8-9,12H,1-2H3. The quantitative estimate of drug-likeness (QED) is 0.389. The number of carbonyl (C=O) groups excluding carboxylic acids is 1. The normalized spacial score (nSPS) is 44.2. The fraction of sp³-hybridized carbons (Fsp3) is 0.857. The summed E-state index contributed by atoms with van der Waals surface area (Å²) in [6.45, 7) is 2.90. The maximum absolute atomic E-state index is 11.2. The highest BCUT2D eigenvalue weighted by atomic mass is 32.1. The summed E-state index contributed by atoms with van der Waals surface area (Å²) in [5.74, 6) is -0.606. The molecule has 1 saturated heterocycles. The minimum Gasteiger partial charge on any atom is -0.448 e. The van der Waals surface area contributed by atoms with E-state index < -0.39 is 29.0 Å². The summed E-state index contributed by atoms with van der Waals surface area (Å²) in [6, 6.07) is 0. The van der Waals surface area contributed by atoms with Gasteiger partial charge in [0.15, 0.2) is 5.44 Å². The third kappa shape index (κ3) is 1.12. The first-order chi connectivity index (χ1) is 5.40. The summed E-state index contributed by atoms with van der Waals surface area (Å²) in [4.78, 5) is 11.2. The fourth-order valence-corrected chi connectivity index (χ4v) is 1.54. The Morgan fingerprint density at radius 2 is 2.25 bits per heavy atom. The number of aliphatic hydroxyl groups is 2. The molecule has 12 heavy (non-hydrogen) atoms. The van der Waals surface area contributed by atoms with Crippen molar-refractivity contribution in [1.82, 2.24) is 0 Å². The molecule has 1 aliphatic heterocycles. The van der Waals surface area contributed by atoms with Crippen molar-refractivity contribution in [3.8, 4) is 0 Å². The van der Waals surface area contributed by atoms with Gasteiger partial charge in [0, 0.05) is 0 Å². The summed E-state index contributed by atoms with van der Waals surface area (Å²) >= 11 is 3.85. The molecule has 4 atom stereocenters. The molecule has 0 aromatic carbocycles. The van der Waals surface area contributed by atoms with E-state index in [1.807, 2.05) is 0 Å². The molecule has 70 valence electrons. The molecule has 5 heteroatoms. The third-order valence-corrected chi connectivity index (χ3v) is 2.81. The van der Waals surface area contributed by atoms with Crippen LogP contribution in [0, 0.1) is 5.41 Å². The smallest absolute Gasteiger partial charge is 0.318 e. The SMILES string of the molecule is CC(O)C1(C)C(=O)OC(S)C1O. The molecule has 2 N–H and O–H groups in total. The Balaban J connectivity index is 2.95. The van der Waals surface area contributed by atoms with Gasteiger partial charge in [-0.05, 0) is 13.8 Å². The third-order valence-electron chi connectivity index (χ3n) is 2.42. The summed E-state index contributed by atoms with van der Waals surface area (Å²) in [5.41, 5.74) is -2.08. The fourth-order valence-electron chi connectivity index (χ4n) is 1.14. The lowest BCUT2D eigenvalue weighted by Crippen LogP contribution is -2.44. The van der Waals surface area contributed by atoms with Gasteiger partial charge in [0.05, 0.1) is 6.10 Å². The minimum atomic E-state index is -1.24. The first-order valence-corrected chi connectivity index (χ1v) is 4.17. The van der Waals surface area contributed by atoms with Gasteiger partial charge in [-0.3, -0.25) is 4.79 Å². The highest BCUT2D eigenvalue weighted by molar-refractivity contribution is 7.80. The Morgan fingerprint density at radius 3 is 2.42 bits per heavy atom. The summed E-state index contributed by atoms with van der Waals surface area (Å²) in [5, 5.41) is 18.8. The number of thiol groups is 1. The Bertz CT molecular complexity index is 206. The van der Waals surface area contributed by atoms with Gasteiger partial charge in [0.2, 0.25) is 0 Å². The predicted octanol–water partition coefficient (Wildman–Crippen LogP) is -0.453. The van der Waals surface area contributed by atoms with E-state index in [2.05, 4.69) is 17.4 Å². The first kappa shape index (κ1) is 9.83. The molecule has 0 radical (unpaired) electrons. The zero-order valence-electron chi connectivity index (χ0n) is 6.89. The number of ether oxygens (including phenoxy) is 1. The molecule has 0 bridgehead atoms. The number of hydrogen-bond acceptors (Lipinski definition) is 5. The second kappa shape index (κ2) is 2.90. The zero-order valence-corrected chi connectivity index (χ0v) is 7.78. The van der Waals surface area contributed by atoms with Crippen LogP contribution in [-0.4, -0.2) is 33.8 Å². The van der Waals surface area contributed by atoms with Gasteiger partial charge in [-0.2, -0.15) is 0 Å². The van der Waals surface area contributed by atoms with Gasteiger partial charge in [-0.1, -0.05) is 0 Å². The largest absolute Gasteiger partial charge is 0.448 e. The predicted molar refractivity (Wildman–Crippen MR) is 44.7 cm³/mol. The molecule has 0 aromatic rings. The number of hydrogen-bond donors (Lipinski definition) is 3. The van der Waals surface area contributed by atoms with Gasteiger partial charge < -0.3 is 14.9 Å². The monoisotopic (exact) mass is 192 g/mol. The lowest BCUT2D eigenvalue weighted by molar-refractivity contribution is -0.152. The highest BCUT2D eigenvalue weighted by Crippen LogP contribution is 2.38. The first-order valence-electron chi connectivity index (χ1n) is 3.66. The number of carbonyl (C=O) groups is 1. The lowest BCUT2D eigenvalue weighted by Gasteiger charge is -2.26. The molecule has 0 spiro atoms. The van der Waals surface area contributed by atoms with Gasteiger partial charge in [0.25, 0.3) is 0 Å². The Morgan fingerprint density at radius 1 is 1.75 bits per heavy atom. The van der Waals surface area contributed by atoms with Crippen LogP contribution in [0.1, 0.15) is 13.8 Å². The van der Waals surface area contributed by atoms with E-state index in [1.54, 1.807) is 0 Å². The van der Waals surface area contributed by atoms with Crippen LogP contribution >= 0.6 is 12.6 Å². The van der Waals surface area contributed by atoms with Gasteiger partial charge >= 0.3 is 5.97 Å². The molecule has 1 fully saturated rings. The van der Waals surface area contributed by atoms with Crippen LogP contribution < -0.4 is 0 Å². The molecule has 1 aliphatic rings. The second-order valence-corrected chi connectivity index (χ2v) is 3.71. The molecule has 0 amide bonds. The lowest BCUT2D eigenvalue weighted by atomic mass is 9.81. The number of cyclic esters (lactones) is 1. The molecular weight excluding hydrogens is 180 g/mol. The molecule has 0 aliphatic carbocycles. The van der Waals surface area contributed by atoms with Gasteiger partial charge in [-0.15, -0.1) is 12.6 Å². The number of esters is 1. The molecular formula is C7H12O4S. The van der Waals surface area contributed by atoms with E-state index in [4.69, 9.17) is 0 Å². The van der Waals surface area contributed by atoms with E-state index in [-0.39, 0.29) is 0 Å². The van der Waals surface area contributed by atoms with Crippen molar-refractivity contribution in [2.45, 2.75) is 31.5 Å². The van der Waals surface area contributed by atoms with E-state index in [0.29, 0.717) is 0 Å². The van der Waals surface area contributed by atoms with Crippen LogP contribution in [0.4, 0.5) is 0 Å². The Kier molecular flexibility index (Phi) is 2.38. The summed E-state index contributed by atoms with van der Waals surface area (Å²) in [6.07, 6.45) is -2.01. The van der Waals surface area contributed by atoms with E-state index in [9.17, 15) is 15.0 Å². The second-order valence-electron chi connectivity index (χ2n) is 3.20. The Hall–Kier alpha value is -0.260. The van der Waals surface area contributed by atoms with Crippen LogP contribution in [0.5, 0.6) is 0 Å². The van der Waals surface area contributed by atoms with Crippen LogP contribution in [0.3, 0.4) is 0 Å². The van der Waals surface area contributed by atoms with Crippen molar-refractivity contribution in [3.05, 3.63) is 0 Å². The number of aliphatic hydroxyl groups excluding tert-OH is 2. The minimum absolute atomic E-state index is 0.606. The molecule has 4 unspecified atom stereocenters. The van der Waals surface area contributed by atoms with E-state index in [1.165, 1.54) is 13.8 Å². The zero-order chi connectivity index (χ0) is 9.52. The molecule has 1 rings (SSSR count). The van der Waals surface area contributed by atoms with Crippen molar-refractivity contribution in [3.63, 3.8) is 0 Å². The maximum Gasteiger partial charge on any atom is 0.318 e. The average Bonchev–Trinajstić information content (AvgIpc) is 2.16. The maximum atomic E-state index is 11.2. The highest BCUT2D eigenvalue weighted by Gasteiger charge is 2.55. The Labute approximate surface area is 75.9 Å². The number of rotatable bonds is 1. The van der Waals surface area contributed by atoms with E-state index in [0.717, 1.165) is 0 Å². The molecule has 1 heterocycles. The van der Waals surface area contributed by atoms with Crippen molar-refractivity contribution in [2.75, 3.05) is 0 Å². The molecule has 4 nitrogen and oxygen atoms in total. The van der Waals surface area contributed by atoms with Crippen molar-refractivity contribution < 1.29 is 19.7 Å². The summed E-state index contributed by atoms with van der Waals surface area (Å²) < 4.78 is 4.67. The molecule has 0 saturated carbocycles. The van der Waals surface area contributed by atoms with Crippen LogP contribution in [0.25, 0.3) is 0 Å². The van der Waals surface area contributed by atoms with Gasteiger partial charge in [-0.25, -0.2) is 0 Å². The molecule has 0 aromatic heterocycles. The van der Waals surface area contributed by atoms with E-state index >= 15 is 0 Å². The average molecular weight is 192 g/mol. The van der Waals surface area contributed by atoms with Gasteiger partial charge in [0.1, 0.15) is 11.5 Å². The van der Waals surface area contributed by atoms with Crippen molar-refractivity contribution in [2.24, 2.45) is 5.41 Å². The van der Waals surface area contributed by atoms with Crippen molar-refractivity contribution >= 4 is 18.6 Å². The van der Waals surface area contributed by atoms with Crippen LogP contribution in [-0.2, 0) is 9.53 Å². The topological polar surface area (TPSA) is 66.8 Å². The van der Waals surface area contributed by atoms with Crippen LogP contribution in [0.2, 0.25) is 0 Å². The summed E-state index contributed by atoms with van der Waals surface area (Å²) in [7, 11) is 0.